The maximum absolute atomic E-state index is 10.1. The van der Waals surface area contributed by atoms with Gasteiger partial charge in [-0.25, -0.2) is 4.98 Å². The minimum absolute atomic E-state index is 0.688. The van der Waals surface area contributed by atoms with E-state index in [1.54, 1.807) is 4.90 Å². The van der Waals surface area contributed by atoms with E-state index in [4.69, 9.17) is 0 Å². The number of quaternary nitrogens is 1. The van der Waals surface area contributed by atoms with Gasteiger partial charge in [-0.1, -0.05) is 60.7 Å². The lowest BCUT2D eigenvalue weighted by Gasteiger charge is -2.29. The molecule has 0 radical (unpaired) electrons. The molecule has 1 aliphatic heterocycles. The molecule has 1 aromatic heterocycles. The SMILES string of the molecule is CCN(CC)c1[nH+]c(NCc2ccccc2)c(C#N)c2c1C[NH+](Cc1ccccc1)CC2. The fourth-order valence-corrected chi connectivity index (χ4v) is 4.69. The fourth-order valence-electron chi connectivity index (χ4n) is 4.69. The number of nitriles is 1. The molecule has 3 N–H and O–H groups in total. The molecule has 5 nitrogen and oxygen atoms in total. The average Bonchev–Trinajstić information content (AvgIpc) is 2.84. The largest absolute Gasteiger partial charge is 0.327 e. The van der Waals surface area contributed by atoms with Gasteiger partial charge in [0.15, 0.2) is 0 Å². The molecule has 0 spiro atoms. The Kier molecular flexibility index (Phi) is 7.03. The van der Waals surface area contributed by atoms with Crippen LogP contribution >= 0.6 is 0 Å². The van der Waals surface area contributed by atoms with Gasteiger partial charge >= 0.3 is 0 Å². The lowest BCUT2D eigenvalue weighted by molar-refractivity contribution is -0.929. The van der Waals surface area contributed by atoms with E-state index in [2.05, 4.69) is 77.6 Å². The molecule has 32 heavy (non-hydrogen) atoms. The van der Waals surface area contributed by atoms with Gasteiger partial charge in [-0.15, -0.1) is 0 Å². The molecule has 1 atom stereocenters. The van der Waals surface area contributed by atoms with Crippen LogP contribution in [0.15, 0.2) is 60.7 Å². The second kappa shape index (κ2) is 10.3. The third kappa shape index (κ3) is 4.76. The quantitative estimate of drug-likeness (QED) is 0.581. The topological polar surface area (TPSA) is 57.6 Å². The van der Waals surface area contributed by atoms with Crippen molar-refractivity contribution >= 4 is 11.6 Å². The number of benzene rings is 2. The summed E-state index contributed by atoms with van der Waals surface area (Å²) < 4.78 is 0. The summed E-state index contributed by atoms with van der Waals surface area (Å²) in [5.74, 6) is 1.99. The van der Waals surface area contributed by atoms with Crippen molar-refractivity contribution in [1.82, 2.24) is 0 Å². The van der Waals surface area contributed by atoms with Crippen molar-refractivity contribution in [2.24, 2.45) is 0 Å². The summed E-state index contributed by atoms with van der Waals surface area (Å²) in [5, 5.41) is 13.6. The molecule has 0 bridgehead atoms. The van der Waals surface area contributed by atoms with Crippen LogP contribution < -0.4 is 20.1 Å². The predicted molar refractivity (Wildman–Crippen MR) is 128 cm³/mol. The Hall–Kier alpha value is -3.36. The summed E-state index contributed by atoms with van der Waals surface area (Å²) in [6.45, 7) is 9.90. The molecule has 1 aliphatic rings. The molecule has 3 aromatic rings. The number of hydrogen-bond donors (Lipinski definition) is 2. The van der Waals surface area contributed by atoms with Crippen LogP contribution in [0.5, 0.6) is 0 Å². The molecular weight excluding hydrogens is 394 g/mol. The Morgan fingerprint density at radius 3 is 2.25 bits per heavy atom. The maximum atomic E-state index is 10.1. The minimum atomic E-state index is 0.688. The summed E-state index contributed by atoms with van der Waals surface area (Å²) in [5.41, 5.74) is 5.84. The van der Waals surface area contributed by atoms with Crippen LogP contribution in [0, 0.1) is 11.3 Å². The molecule has 164 valence electrons. The van der Waals surface area contributed by atoms with Crippen LogP contribution in [0.1, 0.15) is 41.7 Å². The van der Waals surface area contributed by atoms with Gasteiger partial charge in [0.05, 0.1) is 31.7 Å². The first-order chi connectivity index (χ1) is 15.7. The first-order valence-corrected chi connectivity index (χ1v) is 11.6. The Balaban J connectivity index is 1.68. The van der Waals surface area contributed by atoms with E-state index in [-0.39, 0.29) is 0 Å². The summed E-state index contributed by atoms with van der Waals surface area (Å²) in [4.78, 5) is 7.54. The van der Waals surface area contributed by atoms with Gasteiger partial charge in [0.2, 0.25) is 11.6 Å². The highest BCUT2D eigenvalue weighted by atomic mass is 15.2. The number of fused-ring (bicyclic) bond motifs is 1. The zero-order chi connectivity index (χ0) is 22.3. The third-order valence-electron chi connectivity index (χ3n) is 6.40. The molecular formula is C27H33N5+2. The van der Waals surface area contributed by atoms with Crippen LogP contribution in [0.4, 0.5) is 11.6 Å². The van der Waals surface area contributed by atoms with Gasteiger partial charge in [0.1, 0.15) is 24.7 Å². The highest BCUT2D eigenvalue weighted by molar-refractivity contribution is 5.61. The molecule has 0 amide bonds. The third-order valence-corrected chi connectivity index (χ3v) is 6.40. The number of hydrogen-bond acceptors (Lipinski definition) is 3. The number of aromatic nitrogens is 1. The highest BCUT2D eigenvalue weighted by Gasteiger charge is 2.32. The highest BCUT2D eigenvalue weighted by Crippen LogP contribution is 2.28. The number of nitrogens with zero attached hydrogens (tertiary/aromatic N) is 2. The molecule has 0 aliphatic carbocycles. The Morgan fingerprint density at radius 2 is 1.62 bits per heavy atom. The fraction of sp³-hybridized carbons (Fsp3) is 0.333. The maximum Gasteiger partial charge on any atom is 0.237 e. The number of aromatic amines is 1. The molecule has 0 saturated heterocycles. The first kappa shape index (κ1) is 21.9. The molecule has 4 rings (SSSR count). The van der Waals surface area contributed by atoms with Crippen molar-refractivity contribution in [1.29, 1.82) is 5.26 Å². The van der Waals surface area contributed by atoms with Gasteiger partial charge in [0, 0.05) is 12.0 Å². The molecule has 0 saturated carbocycles. The molecule has 0 fully saturated rings. The second-order valence-electron chi connectivity index (χ2n) is 8.39. The Labute approximate surface area is 191 Å². The minimum Gasteiger partial charge on any atom is -0.327 e. The van der Waals surface area contributed by atoms with E-state index in [1.165, 1.54) is 22.3 Å². The molecule has 2 heterocycles. The van der Waals surface area contributed by atoms with Crippen LogP contribution in [0.2, 0.25) is 0 Å². The van der Waals surface area contributed by atoms with E-state index in [9.17, 15) is 5.26 Å². The van der Waals surface area contributed by atoms with Gasteiger partial charge in [-0.05, 0) is 25.0 Å². The molecule has 5 heteroatoms. The van der Waals surface area contributed by atoms with Crippen molar-refractivity contribution in [3.05, 3.63) is 88.5 Å². The lowest BCUT2D eigenvalue weighted by Crippen LogP contribution is -3.10. The van der Waals surface area contributed by atoms with Gasteiger partial charge in [0.25, 0.3) is 0 Å². The normalized spacial score (nSPS) is 15.0. The number of nitrogens with one attached hydrogen (secondary N) is 3. The van der Waals surface area contributed by atoms with E-state index in [0.29, 0.717) is 6.54 Å². The summed E-state index contributed by atoms with van der Waals surface area (Å²) in [6.07, 6.45) is 0.920. The molecule has 1 unspecified atom stereocenters. The van der Waals surface area contributed by atoms with Crippen molar-refractivity contribution in [3.8, 4) is 6.07 Å². The van der Waals surface area contributed by atoms with Gasteiger partial charge in [-0.2, -0.15) is 5.26 Å². The zero-order valence-corrected chi connectivity index (χ0v) is 19.1. The van der Waals surface area contributed by atoms with E-state index >= 15 is 0 Å². The standard InChI is InChI=1S/C27H31N5/c1-3-32(4-2)27-25-20-31(19-22-13-9-6-10-14-22)16-15-23(25)24(17-28)26(30-27)29-18-21-11-7-5-8-12-21/h5-14H,3-4,15-16,18-20H2,1-2H3,(H,29,30)/p+2. The van der Waals surface area contributed by atoms with Gasteiger partial charge in [-0.3, -0.25) is 4.90 Å². The van der Waals surface area contributed by atoms with Crippen molar-refractivity contribution in [2.45, 2.75) is 39.9 Å². The summed E-state index contributed by atoms with van der Waals surface area (Å²) >= 11 is 0. The Bertz CT molecular complexity index is 1070. The van der Waals surface area contributed by atoms with E-state index in [0.717, 1.165) is 56.3 Å². The second-order valence-corrected chi connectivity index (χ2v) is 8.39. The van der Waals surface area contributed by atoms with Crippen molar-refractivity contribution < 1.29 is 9.88 Å². The van der Waals surface area contributed by atoms with Crippen LogP contribution in [0.25, 0.3) is 0 Å². The Morgan fingerprint density at radius 1 is 0.969 bits per heavy atom. The molecule has 2 aromatic carbocycles. The van der Waals surface area contributed by atoms with Gasteiger partial charge < -0.3 is 10.2 Å². The lowest BCUT2D eigenvalue weighted by atomic mass is 9.94. The zero-order valence-electron chi connectivity index (χ0n) is 19.1. The first-order valence-electron chi connectivity index (χ1n) is 11.6. The number of H-pyrrole nitrogens is 1. The number of pyridine rings is 1. The van der Waals surface area contributed by atoms with Crippen LogP contribution in [0.3, 0.4) is 0 Å². The van der Waals surface area contributed by atoms with Crippen molar-refractivity contribution in [3.63, 3.8) is 0 Å². The van der Waals surface area contributed by atoms with Crippen LogP contribution in [-0.2, 0) is 26.1 Å². The number of anilines is 2. The van der Waals surface area contributed by atoms with Crippen molar-refractivity contribution in [2.75, 3.05) is 29.9 Å². The summed E-state index contributed by atoms with van der Waals surface area (Å²) in [7, 11) is 0. The average molecular weight is 428 g/mol. The van der Waals surface area contributed by atoms with E-state index < -0.39 is 0 Å². The number of rotatable bonds is 8. The predicted octanol–water partition coefficient (Wildman–Crippen LogP) is 2.97. The monoisotopic (exact) mass is 427 g/mol. The summed E-state index contributed by atoms with van der Waals surface area (Å²) in [6, 6.07) is 23.5. The van der Waals surface area contributed by atoms with Crippen LogP contribution in [-0.4, -0.2) is 19.6 Å². The smallest absolute Gasteiger partial charge is 0.237 e. The van der Waals surface area contributed by atoms with E-state index in [1.807, 2.05) is 18.2 Å².